The summed E-state index contributed by atoms with van der Waals surface area (Å²) in [5.41, 5.74) is 4.84. The monoisotopic (exact) mass is 343 g/mol. The summed E-state index contributed by atoms with van der Waals surface area (Å²) in [6.07, 6.45) is 0.678. The Balaban J connectivity index is 2.23. The Morgan fingerprint density at radius 2 is 2.05 bits per heavy atom. The van der Waals surface area contributed by atoms with E-state index >= 15 is 0 Å². The zero-order chi connectivity index (χ0) is 15.6. The van der Waals surface area contributed by atoms with Gasteiger partial charge in [-0.1, -0.05) is 44.0 Å². The average Bonchev–Trinajstić information content (AvgIpc) is 2.87. The molecule has 114 valence electrons. The summed E-state index contributed by atoms with van der Waals surface area (Å²) in [5, 5.41) is 4.42. The summed E-state index contributed by atoms with van der Waals surface area (Å²) in [5.74, 6) is 5.69. The molecule has 1 aromatic heterocycles. The molecule has 6 heteroatoms. The van der Waals surface area contributed by atoms with Crippen LogP contribution in [-0.4, -0.2) is 4.98 Å². The van der Waals surface area contributed by atoms with Crippen LogP contribution in [0.3, 0.4) is 0 Å². The second-order valence-corrected chi connectivity index (χ2v) is 7.75. The van der Waals surface area contributed by atoms with Crippen LogP contribution in [0, 0.1) is 0 Å². The summed E-state index contributed by atoms with van der Waals surface area (Å²) in [4.78, 5) is 4.69. The first kappa shape index (κ1) is 16.7. The molecule has 3 nitrogen and oxygen atoms in total. The van der Waals surface area contributed by atoms with E-state index in [9.17, 15) is 0 Å². The van der Waals surface area contributed by atoms with Crippen LogP contribution in [-0.2, 0) is 11.8 Å². The molecule has 0 saturated carbocycles. The van der Waals surface area contributed by atoms with Crippen molar-refractivity contribution < 1.29 is 0 Å². The van der Waals surface area contributed by atoms with Gasteiger partial charge in [0.25, 0.3) is 0 Å². The minimum absolute atomic E-state index is 0.0497. The minimum atomic E-state index is -0.116. The fraction of sp³-hybridized carbons (Fsp3) is 0.400. The lowest BCUT2D eigenvalue weighted by Gasteiger charge is -2.17. The maximum Gasteiger partial charge on any atom is 0.0948 e. The van der Waals surface area contributed by atoms with Gasteiger partial charge in [-0.25, -0.2) is 4.98 Å². The summed E-state index contributed by atoms with van der Waals surface area (Å²) in [7, 11) is 0. The van der Waals surface area contributed by atoms with Gasteiger partial charge in [0.05, 0.1) is 16.7 Å². The number of nitrogens with two attached hydrogens (primary N) is 1. The molecule has 2 aromatic rings. The Bertz CT molecular complexity index is 620. The van der Waals surface area contributed by atoms with Crippen molar-refractivity contribution in [2.45, 2.75) is 38.6 Å². The van der Waals surface area contributed by atoms with Crippen LogP contribution >= 0.6 is 34.5 Å². The lowest BCUT2D eigenvalue weighted by atomic mass is 9.93. The smallest absolute Gasteiger partial charge is 0.0948 e. The largest absolute Gasteiger partial charge is 0.271 e. The van der Waals surface area contributed by atoms with Gasteiger partial charge in [-0.2, -0.15) is 0 Å². The van der Waals surface area contributed by atoms with E-state index in [0.717, 1.165) is 16.3 Å². The summed E-state index contributed by atoms with van der Waals surface area (Å²) in [6.45, 7) is 6.45. The Labute approximate surface area is 139 Å². The molecule has 0 aliphatic carbocycles. The molecule has 0 saturated heterocycles. The van der Waals surface area contributed by atoms with Crippen molar-refractivity contribution in [2.75, 3.05) is 0 Å². The molecule has 0 radical (unpaired) electrons. The summed E-state index contributed by atoms with van der Waals surface area (Å²) in [6, 6.07) is 5.27. The maximum absolute atomic E-state index is 6.24. The normalized spacial score (nSPS) is 13.4. The van der Waals surface area contributed by atoms with E-state index in [1.807, 2.05) is 6.07 Å². The second-order valence-electron chi connectivity index (χ2n) is 5.97. The number of hydrogen-bond acceptors (Lipinski definition) is 4. The van der Waals surface area contributed by atoms with Gasteiger partial charge in [-0.3, -0.25) is 11.3 Å². The number of hydrogen-bond donors (Lipinski definition) is 2. The second kappa shape index (κ2) is 6.63. The molecule has 1 aromatic carbocycles. The molecule has 0 fully saturated rings. The van der Waals surface area contributed by atoms with Crippen molar-refractivity contribution in [3.63, 3.8) is 0 Å². The van der Waals surface area contributed by atoms with Gasteiger partial charge in [-0.05, 0) is 23.8 Å². The fourth-order valence-electron chi connectivity index (χ4n) is 1.96. The third-order valence-electron chi connectivity index (χ3n) is 3.23. The number of benzene rings is 1. The van der Waals surface area contributed by atoms with E-state index < -0.39 is 0 Å². The minimum Gasteiger partial charge on any atom is -0.271 e. The van der Waals surface area contributed by atoms with Crippen molar-refractivity contribution in [1.29, 1.82) is 0 Å². The molecule has 21 heavy (non-hydrogen) atoms. The number of aromatic nitrogens is 1. The topological polar surface area (TPSA) is 50.9 Å². The van der Waals surface area contributed by atoms with Gasteiger partial charge in [0.1, 0.15) is 0 Å². The van der Waals surface area contributed by atoms with Crippen LogP contribution in [0.2, 0.25) is 10.0 Å². The van der Waals surface area contributed by atoms with Crippen LogP contribution in [0.5, 0.6) is 0 Å². The molecule has 0 amide bonds. The average molecular weight is 344 g/mol. The molecule has 0 aliphatic rings. The Kier molecular flexibility index (Phi) is 5.28. The lowest BCUT2D eigenvalue weighted by molar-refractivity contribution is 0.541. The summed E-state index contributed by atoms with van der Waals surface area (Å²) >= 11 is 13.9. The Morgan fingerprint density at radius 1 is 1.33 bits per heavy atom. The predicted molar refractivity (Wildman–Crippen MR) is 91.0 cm³/mol. The first-order valence-electron chi connectivity index (χ1n) is 6.67. The fourth-order valence-corrected chi connectivity index (χ4v) is 3.46. The van der Waals surface area contributed by atoms with E-state index in [1.165, 1.54) is 0 Å². The zero-order valence-electron chi connectivity index (χ0n) is 12.3. The number of nitrogens with one attached hydrogen (secondary N) is 1. The molecule has 0 bridgehead atoms. The highest BCUT2D eigenvalue weighted by Crippen LogP contribution is 2.30. The molecular weight excluding hydrogens is 325 g/mol. The maximum atomic E-state index is 6.24. The van der Waals surface area contributed by atoms with E-state index in [2.05, 4.69) is 31.6 Å². The van der Waals surface area contributed by atoms with Crippen molar-refractivity contribution in [1.82, 2.24) is 10.4 Å². The third kappa shape index (κ3) is 4.18. The molecule has 3 N–H and O–H groups in total. The van der Waals surface area contributed by atoms with Gasteiger partial charge in [0, 0.05) is 27.3 Å². The predicted octanol–water partition coefficient (Wildman–Crippen LogP) is 4.49. The number of halogens is 2. The number of nitrogens with zero attached hydrogens (tertiary/aromatic N) is 1. The van der Waals surface area contributed by atoms with Crippen LogP contribution in [0.25, 0.3) is 0 Å². The van der Waals surface area contributed by atoms with Crippen LogP contribution in [0.4, 0.5) is 0 Å². The molecule has 2 rings (SSSR count). The molecule has 1 atom stereocenters. The van der Waals surface area contributed by atoms with Gasteiger partial charge in [0.2, 0.25) is 0 Å². The molecule has 1 unspecified atom stereocenters. The van der Waals surface area contributed by atoms with Crippen molar-refractivity contribution in [3.8, 4) is 0 Å². The van der Waals surface area contributed by atoms with Gasteiger partial charge < -0.3 is 0 Å². The van der Waals surface area contributed by atoms with E-state index in [0.29, 0.717) is 16.5 Å². The lowest BCUT2D eigenvalue weighted by Crippen LogP contribution is -2.29. The quantitative estimate of drug-likeness (QED) is 0.634. The van der Waals surface area contributed by atoms with Gasteiger partial charge in [-0.15, -0.1) is 11.3 Å². The Morgan fingerprint density at radius 3 is 2.62 bits per heavy atom. The van der Waals surface area contributed by atoms with E-state index in [-0.39, 0.29) is 11.5 Å². The zero-order valence-corrected chi connectivity index (χ0v) is 14.6. The SMILES string of the molecule is CC(C)(C)c1csc(CC(NN)c2cc(Cl)ccc2Cl)n1. The van der Waals surface area contributed by atoms with E-state index in [1.54, 1.807) is 23.5 Å². The highest BCUT2D eigenvalue weighted by molar-refractivity contribution is 7.09. The standard InChI is InChI=1S/C15H19Cl2N3S/c1-15(2,3)13-8-21-14(19-13)7-12(20-18)10-6-9(16)4-5-11(10)17/h4-6,8,12,20H,7,18H2,1-3H3. The molecular formula is C15H19Cl2N3S. The summed E-state index contributed by atoms with van der Waals surface area (Å²) < 4.78 is 0. The number of thiazole rings is 1. The molecule has 0 aliphatic heterocycles. The Hall–Kier alpha value is -0.650. The number of hydrazine groups is 1. The van der Waals surface area contributed by atoms with Gasteiger partial charge in [0.15, 0.2) is 0 Å². The van der Waals surface area contributed by atoms with Gasteiger partial charge >= 0.3 is 0 Å². The first-order chi connectivity index (χ1) is 9.81. The van der Waals surface area contributed by atoms with E-state index in [4.69, 9.17) is 34.0 Å². The van der Waals surface area contributed by atoms with Crippen LogP contribution in [0.15, 0.2) is 23.6 Å². The highest BCUT2D eigenvalue weighted by atomic mass is 35.5. The van der Waals surface area contributed by atoms with Crippen molar-refractivity contribution >= 4 is 34.5 Å². The van der Waals surface area contributed by atoms with Crippen molar-refractivity contribution in [2.24, 2.45) is 5.84 Å². The molecule has 0 spiro atoms. The highest BCUT2D eigenvalue weighted by Gasteiger charge is 2.20. The third-order valence-corrected chi connectivity index (χ3v) is 4.68. The van der Waals surface area contributed by atoms with Crippen LogP contribution < -0.4 is 11.3 Å². The first-order valence-corrected chi connectivity index (χ1v) is 8.31. The van der Waals surface area contributed by atoms with Crippen LogP contribution in [0.1, 0.15) is 43.1 Å². The molecule has 1 heterocycles. The number of rotatable bonds is 4. The van der Waals surface area contributed by atoms with Crippen molar-refractivity contribution in [3.05, 3.63) is 49.9 Å².